The van der Waals surface area contributed by atoms with Gasteiger partial charge in [0, 0.05) is 40.0 Å². The van der Waals surface area contributed by atoms with E-state index in [1.54, 1.807) is 19.1 Å². The zero-order valence-electron chi connectivity index (χ0n) is 17.7. The Hall–Kier alpha value is -3.47. The molecule has 34 heavy (non-hydrogen) atoms. The zero-order chi connectivity index (χ0) is 24.2. The van der Waals surface area contributed by atoms with Crippen molar-refractivity contribution in [3.8, 4) is 0 Å². The van der Waals surface area contributed by atoms with E-state index in [9.17, 15) is 22.4 Å². The molecule has 1 saturated carbocycles. The third kappa shape index (κ3) is 4.23. The number of hydrogen-bond acceptors (Lipinski definition) is 4. The van der Waals surface area contributed by atoms with Gasteiger partial charge in [0.2, 0.25) is 0 Å². The van der Waals surface area contributed by atoms with Crippen LogP contribution in [0.4, 0.5) is 23.4 Å². The lowest BCUT2D eigenvalue weighted by molar-refractivity contribution is -0.142. The van der Waals surface area contributed by atoms with Gasteiger partial charge in [-0.1, -0.05) is 17.7 Å². The van der Waals surface area contributed by atoms with Gasteiger partial charge in [0.25, 0.3) is 5.91 Å². The molecular weight excluding hydrogens is 476 g/mol. The van der Waals surface area contributed by atoms with Crippen LogP contribution in [-0.2, 0) is 12.7 Å². The van der Waals surface area contributed by atoms with E-state index in [2.05, 4.69) is 20.5 Å². The Bertz CT molecular complexity index is 1400. The molecular formula is C22H17ClF4N6O. The fourth-order valence-electron chi connectivity index (χ4n) is 3.64. The molecule has 0 radical (unpaired) electrons. The number of halogens is 5. The maximum Gasteiger partial charge on any atom is 0.433 e. The first-order valence-corrected chi connectivity index (χ1v) is 10.7. The molecule has 5 rings (SSSR count). The van der Waals surface area contributed by atoms with Crippen LogP contribution in [0.2, 0.25) is 5.02 Å². The molecule has 3 aromatic heterocycles. The molecule has 1 fully saturated rings. The summed E-state index contributed by atoms with van der Waals surface area (Å²) in [6.07, 6.45) is -3.10. The topological polar surface area (TPSA) is 77.1 Å². The van der Waals surface area contributed by atoms with Crippen molar-refractivity contribution in [1.29, 1.82) is 0 Å². The van der Waals surface area contributed by atoms with E-state index in [1.807, 2.05) is 0 Å². The number of carbonyl (C=O) groups excluding carboxylic acids is 1. The van der Waals surface area contributed by atoms with Crippen LogP contribution >= 0.6 is 11.6 Å². The van der Waals surface area contributed by atoms with Crippen molar-refractivity contribution < 1.29 is 22.4 Å². The molecule has 0 aliphatic heterocycles. The van der Waals surface area contributed by atoms with Gasteiger partial charge in [-0.2, -0.15) is 23.4 Å². The highest BCUT2D eigenvalue weighted by Crippen LogP contribution is 2.41. The van der Waals surface area contributed by atoms with Crippen LogP contribution in [0, 0.1) is 12.7 Å². The molecule has 0 saturated heterocycles. The summed E-state index contributed by atoms with van der Waals surface area (Å²) in [6, 6.07) is 8.07. The van der Waals surface area contributed by atoms with Gasteiger partial charge in [-0.25, -0.2) is 13.9 Å². The fourth-order valence-corrected chi connectivity index (χ4v) is 3.86. The van der Waals surface area contributed by atoms with Crippen LogP contribution in [0.5, 0.6) is 0 Å². The highest BCUT2D eigenvalue weighted by Gasteiger charge is 2.37. The second-order valence-corrected chi connectivity index (χ2v) is 8.53. The summed E-state index contributed by atoms with van der Waals surface area (Å²) in [7, 11) is 0. The number of nitrogens with one attached hydrogen (secondary N) is 1. The van der Waals surface area contributed by atoms with E-state index < -0.39 is 23.6 Å². The lowest BCUT2D eigenvalue weighted by Gasteiger charge is -2.10. The van der Waals surface area contributed by atoms with Gasteiger partial charge in [-0.3, -0.25) is 9.48 Å². The van der Waals surface area contributed by atoms with Gasteiger partial charge in [0.15, 0.2) is 17.2 Å². The van der Waals surface area contributed by atoms with E-state index in [-0.39, 0.29) is 40.2 Å². The van der Waals surface area contributed by atoms with Gasteiger partial charge in [-0.05, 0) is 38.0 Å². The molecule has 0 atom stereocenters. The second kappa shape index (κ2) is 8.08. The van der Waals surface area contributed by atoms with Crippen molar-refractivity contribution >= 4 is 29.0 Å². The van der Waals surface area contributed by atoms with Crippen molar-refractivity contribution in [3.05, 3.63) is 75.6 Å². The molecule has 12 heteroatoms. The number of anilines is 1. The Morgan fingerprint density at radius 3 is 2.65 bits per heavy atom. The predicted octanol–water partition coefficient (Wildman–Crippen LogP) is 5.22. The highest BCUT2D eigenvalue weighted by atomic mass is 35.5. The van der Waals surface area contributed by atoms with Crippen LogP contribution in [0.1, 0.15) is 51.9 Å². The fraction of sp³-hybridized carbons (Fsp3) is 0.273. The number of alkyl halides is 3. The Labute approximate surface area is 195 Å². The molecule has 176 valence electrons. The lowest BCUT2D eigenvalue weighted by Crippen LogP contribution is -2.16. The number of aromatic nitrogens is 5. The second-order valence-electron chi connectivity index (χ2n) is 8.12. The molecule has 0 spiro atoms. The molecule has 4 aromatic rings. The minimum absolute atomic E-state index is 0.00632. The largest absolute Gasteiger partial charge is 0.433 e. The number of aryl methyl sites for hydroxylation is 1. The number of benzene rings is 1. The third-order valence-corrected chi connectivity index (χ3v) is 5.91. The SMILES string of the molecule is Cc1cc(NC(=O)c2cc3nc(C4CC4)cc(C(F)(F)F)n3n2)nn1Cc1c(F)cccc1Cl. The average molecular weight is 493 g/mol. The molecule has 3 heterocycles. The summed E-state index contributed by atoms with van der Waals surface area (Å²) in [5.41, 5.74) is -0.0909. The van der Waals surface area contributed by atoms with Crippen LogP contribution in [0.3, 0.4) is 0 Å². The molecule has 1 aromatic carbocycles. The van der Waals surface area contributed by atoms with Crippen LogP contribution < -0.4 is 5.32 Å². The van der Waals surface area contributed by atoms with Crippen molar-refractivity contribution in [3.63, 3.8) is 0 Å². The van der Waals surface area contributed by atoms with E-state index in [4.69, 9.17) is 11.6 Å². The standard InChI is InChI=1S/C22H17ClF4N6O/c1-11-7-19(31-32(11)10-13-14(23)3-2-4-15(13)24)29-21(34)17-9-20-28-16(12-5-6-12)8-18(22(25,26)27)33(20)30-17/h2-4,7-9,12H,5-6,10H2,1H3,(H,29,31,34). The molecule has 1 amide bonds. The minimum atomic E-state index is -4.66. The molecule has 7 nitrogen and oxygen atoms in total. The number of carbonyl (C=O) groups is 1. The maximum atomic E-state index is 14.1. The highest BCUT2D eigenvalue weighted by molar-refractivity contribution is 6.31. The third-order valence-electron chi connectivity index (χ3n) is 5.56. The van der Waals surface area contributed by atoms with E-state index in [0.29, 0.717) is 15.9 Å². The Morgan fingerprint density at radius 1 is 1.21 bits per heavy atom. The van der Waals surface area contributed by atoms with Crippen molar-refractivity contribution in [2.75, 3.05) is 5.32 Å². The Morgan fingerprint density at radius 2 is 1.97 bits per heavy atom. The number of rotatable bonds is 5. The number of fused-ring (bicyclic) bond motifs is 1. The predicted molar refractivity (Wildman–Crippen MR) is 115 cm³/mol. The molecule has 1 aliphatic carbocycles. The van der Waals surface area contributed by atoms with Crippen molar-refractivity contribution in [2.45, 2.75) is 38.4 Å². The number of hydrogen-bond donors (Lipinski definition) is 1. The lowest BCUT2D eigenvalue weighted by atomic mass is 10.2. The van der Waals surface area contributed by atoms with Gasteiger partial charge >= 0.3 is 6.18 Å². The first-order chi connectivity index (χ1) is 16.1. The van der Waals surface area contributed by atoms with Gasteiger partial charge < -0.3 is 5.32 Å². The van der Waals surface area contributed by atoms with E-state index in [1.165, 1.54) is 22.9 Å². The monoisotopic (exact) mass is 492 g/mol. The molecule has 1 N–H and O–H groups in total. The first kappa shape index (κ1) is 22.3. The normalized spacial score (nSPS) is 14.1. The van der Waals surface area contributed by atoms with Gasteiger partial charge in [0.1, 0.15) is 11.5 Å². The minimum Gasteiger partial charge on any atom is -0.304 e. The smallest absolute Gasteiger partial charge is 0.304 e. The first-order valence-electron chi connectivity index (χ1n) is 10.4. The summed E-state index contributed by atoms with van der Waals surface area (Å²) in [5, 5.41) is 10.8. The number of nitrogens with zero attached hydrogens (tertiary/aromatic N) is 5. The quantitative estimate of drug-likeness (QED) is 0.387. The van der Waals surface area contributed by atoms with Crippen molar-refractivity contribution in [2.24, 2.45) is 0 Å². The zero-order valence-corrected chi connectivity index (χ0v) is 18.5. The molecule has 0 unspecified atom stereocenters. The van der Waals surface area contributed by atoms with Crippen LogP contribution in [0.25, 0.3) is 5.65 Å². The van der Waals surface area contributed by atoms with Crippen molar-refractivity contribution in [1.82, 2.24) is 24.4 Å². The summed E-state index contributed by atoms with van der Waals surface area (Å²) in [4.78, 5) is 17.0. The molecule has 1 aliphatic rings. The maximum absolute atomic E-state index is 14.1. The average Bonchev–Trinajstić information content (AvgIpc) is 3.43. The van der Waals surface area contributed by atoms with E-state index >= 15 is 0 Å². The number of amides is 1. The Balaban J connectivity index is 1.41. The summed E-state index contributed by atoms with van der Waals surface area (Å²) in [5.74, 6) is -1.11. The summed E-state index contributed by atoms with van der Waals surface area (Å²) < 4.78 is 56.9. The summed E-state index contributed by atoms with van der Waals surface area (Å²) >= 11 is 6.07. The summed E-state index contributed by atoms with van der Waals surface area (Å²) in [6.45, 7) is 1.74. The van der Waals surface area contributed by atoms with Crippen LogP contribution in [-0.4, -0.2) is 30.3 Å². The van der Waals surface area contributed by atoms with Gasteiger partial charge in [0.05, 0.1) is 6.54 Å². The van der Waals surface area contributed by atoms with Gasteiger partial charge in [-0.15, -0.1) is 0 Å². The van der Waals surface area contributed by atoms with E-state index in [0.717, 1.165) is 18.9 Å². The van der Waals surface area contributed by atoms with Crippen LogP contribution in [0.15, 0.2) is 36.4 Å². The molecule has 0 bridgehead atoms. The Kier molecular flexibility index (Phi) is 5.31.